The monoisotopic (exact) mass is 460 g/mol. The van der Waals surface area contributed by atoms with Crippen LogP contribution in [-0.4, -0.2) is 52.1 Å². The molecule has 1 saturated heterocycles. The number of imidazole rings is 1. The van der Waals surface area contributed by atoms with Gasteiger partial charge in [0.2, 0.25) is 17.8 Å². The Hall–Kier alpha value is -3.45. The lowest BCUT2D eigenvalue weighted by atomic mass is 10.1. The molecule has 0 spiro atoms. The number of rotatable bonds is 8. The number of amides is 2. The number of benzene rings is 2. The molecule has 0 bridgehead atoms. The summed E-state index contributed by atoms with van der Waals surface area (Å²) in [4.78, 5) is 32.2. The molecule has 34 heavy (non-hydrogen) atoms. The van der Waals surface area contributed by atoms with Gasteiger partial charge >= 0.3 is 0 Å². The summed E-state index contributed by atoms with van der Waals surface area (Å²) < 4.78 is 7.59. The van der Waals surface area contributed by atoms with E-state index in [-0.39, 0.29) is 30.4 Å². The number of carbonyl (C=O) groups is 2. The number of aromatic nitrogens is 2. The topological polar surface area (TPSA) is 76.5 Å². The highest BCUT2D eigenvalue weighted by atomic mass is 16.5. The van der Waals surface area contributed by atoms with Crippen molar-refractivity contribution in [1.82, 2.24) is 14.5 Å². The van der Waals surface area contributed by atoms with Crippen LogP contribution in [0.25, 0.3) is 16.9 Å². The molecule has 1 aliphatic heterocycles. The van der Waals surface area contributed by atoms with Crippen LogP contribution in [0.5, 0.6) is 0 Å². The van der Waals surface area contributed by atoms with Crippen LogP contribution in [0.1, 0.15) is 32.3 Å². The van der Waals surface area contributed by atoms with E-state index in [9.17, 15) is 9.59 Å². The molecule has 1 aromatic heterocycles. The van der Waals surface area contributed by atoms with E-state index in [4.69, 9.17) is 9.72 Å². The number of hydrogen-bond acceptors (Lipinski definition) is 4. The first-order valence-electron chi connectivity index (χ1n) is 11.8. The summed E-state index contributed by atoms with van der Waals surface area (Å²) in [5.74, 6) is -0.125. The highest BCUT2D eigenvalue weighted by molar-refractivity contribution is 5.94. The van der Waals surface area contributed by atoms with E-state index in [1.807, 2.05) is 86.1 Å². The van der Waals surface area contributed by atoms with Crippen molar-refractivity contribution in [3.05, 3.63) is 66.4 Å². The van der Waals surface area contributed by atoms with Gasteiger partial charge in [-0.25, -0.2) is 4.98 Å². The van der Waals surface area contributed by atoms with Crippen molar-refractivity contribution in [3.8, 4) is 16.9 Å². The standard InChI is InChI=1S/C27H32N4O3/c1-19(2)26(33)30(16-23-13-8-14-34-23)18-25(32)29-27-28-24(21-10-5-4-6-11-21)17-31(27)22-12-7-9-20(3)15-22/h4-7,9-12,15,17,19,23H,8,13-14,16,18H2,1-3H3,(H,28,29,32)/t23-/m1/s1. The second-order valence-corrected chi connectivity index (χ2v) is 9.08. The van der Waals surface area contributed by atoms with Crippen LogP contribution in [0.2, 0.25) is 0 Å². The summed E-state index contributed by atoms with van der Waals surface area (Å²) in [5, 5.41) is 2.95. The molecule has 1 atom stereocenters. The number of hydrogen-bond donors (Lipinski definition) is 1. The Morgan fingerprint density at radius 2 is 1.97 bits per heavy atom. The molecular formula is C27H32N4O3. The highest BCUT2D eigenvalue weighted by Crippen LogP contribution is 2.25. The minimum Gasteiger partial charge on any atom is -0.376 e. The maximum Gasteiger partial charge on any atom is 0.246 e. The zero-order valence-corrected chi connectivity index (χ0v) is 20.0. The fourth-order valence-electron chi connectivity index (χ4n) is 4.16. The van der Waals surface area contributed by atoms with Crippen LogP contribution >= 0.6 is 0 Å². The molecule has 178 valence electrons. The van der Waals surface area contributed by atoms with Gasteiger partial charge in [0, 0.05) is 36.5 Å². The largest absolute Gasteiger partial charge is 0.376 e. The molecule has 0 unspecified atom stereocenters. The molecular weight excluding hydrogens is 428 g/mol. The van der Waals surface area contributed by atoms with Crippen molar-refractivity contribution in [2.75, 3.05) is 25.0 Å². The van der Waals surface area contributed by atoms with Crippen LogP contribution in [0, 0.1) is 12.8 Å². The second kappa shape index (κ2) is 10.7. The number of aryl methyl sites for hydroxylation is 1. The lowest BCUT2D eigenvalue weighted by Gasteiger charge is -2.26. The molecule has 1 fully saturated rings. The number of nitrogens with zero attached hydrogens (tertiary/aromatic N) is 3. The molecule has 2 aromatic carbocycles. The van der Waals surface area contributed by atoms with Crippen LogP contribution in [0.4, 0.5) is 5.95 Å². The van der Waals surface area contributed by atoms with Crippen LogP contribution in [0.15, 0.2) is 60.8 Å². The van der Waals surface area contributed by atoms with Gasteiger partial charge < -0.3 is 9.64 Å². The average Bonchev–Trinajstić information content (AvgIpc) is 3.49. The Morgan fingerprint density at radius 3 is 2.65 bits per heavy atom. The third-order valence-corrected chi connectivity index (χ3v) is 5.89. The first kappa shape index (κ1) is 23.7. The molecule has 0 aliphatic carbocycles. The predicted octanol–water partition coefficient (Wildman–Crippen LogP) is 4.45. The quantitative estimate of drug-likeness (QED) is 0.539. The Balaban J connectivity index is 1.59. The Kier molecular flexibility index (Phi) is 7.43. The molecule has 7 heteroatoms. The molecule has 2 amide bonds. The van der Waals surface area contributed by atoms with Crippen molar-refractivity contribution < 1.29 is 14.3 Å². The minimum atomic E-state index is -0.286. The summed E-state index contributed by atoms with van der Waals surface area (Å²) in [6.45, 7) is 6.80. The van der Waals surface area contributed by atoms with Crippen LogP contribution < -0.4 is 5.32 Å². The zero-order chi connectivity index (χ0) is 24.1. The predicted molar refractivity (Wildman–Crippen MR) is 133 cm³/mol. The van der Waals surface area contributed by atoms with Crippen molar-refractivity contribution >= 4 is 17.8 Å². The molecule has 7 nitrogen and oxygen atoms in total. The van der Waals surface area contributed by atoms with Gasteiger partial charge in [0.05, 0.1) is 11.8 Å². The molecule has 3 aromatic rings. The van der Waals surface area contributed by atoms with E-state index in [0.29, 0.717) is 19.1 Å². The van der Waals surface area contributed by atoms with Crippen LogP contribution in [0.3, 0.4) is 0 Å². The number of ether oxygens (including phenoxy) is 1. The number of anilines is 1. The van der Waals surface area contributed by atoms with Gasteiger partial charge in [0.1, 0.15) is 6.54 Å². The second-order valence-electron chi connectivity index (χ2n) is 9.08. The van der Waals surface area contributed by atoms with Gasteiger partial charge in [-0.3, -0.25) is 19.5 Å². The number of carbonyl (C=O) groups excluding carboxylic acids is 2. The summed E-state index contributed by atoms with van der Waals surface area (Å²) in [7, 11) is 0. The third-order valence-electron chi connectivity index (χ3n) is 5.89. The van der Waals surface area contributed by atoms with Crippen molar-refractivity contribution in [1.29, 1.82) is 0 Å². The highest BCUT2D eigenvalue weighted by Gasteiger charge is 2.26. The van der Waals surface area contributed by atoms with E-state index in [2.05, 4.69) is 5.32 Å². The van der Waals surface area contributed by atoms with Gasteiger partial charge in [-0.15, -0.1) is 0 Å². The van der Waals surface area contributed by atoms with Gasteiger partial charge in [0.15, 0.2) is 0 Å². The Morgan fingerprint density at radius 1 is 1.18 bits per heavy atom. The fraction of sp³-hybridized carbons (Fsp3) is 0.370. The van der Waals surface area contributed by atoms with E-state index >= 15 is 0 Å². The lowest BCUT2D eigenvalue weighted by molar-refractivity contribution is -0.139. The molecule has 1 N–H and O–H groups in total. The van der Waals surface area contributed by atoms with Crippen molar-refractivity contribution in [3.63, 3.8) is 0 Å². The van der Waals surface area contributed by atoms with Crippen molar-refractivity contribution in [2.24, 2.45) is 5.92 Å². The summed E-state index contributed by atoms with van der Waals surface area (Å²) in [5.41, 5.74) is 3.72. The maximum absolute atomic E-state index is 13.1. The molecule has 2 heterocycles. The zero-order valence-electron chi connectivity index (χ0n) is 20.0. The maximum atomic E-state index is 13.1. The van der Waals surface area contributed by atoms with Gasteiger partial charge in [0.25, 0.3) is 0 Å². The van der Waals surface area contributed by atoms with E-state index in [1.165, 1.54) is 0 Å². The SMILES string of the molecule is Cc1cccc(-n2cc(-c3ccccc3)nc2NC(=O)CN(C[C@H]2CCCO2)C(=O)C(C)C)c1. The van der Waals surface area contributed by atoms with Crippen LogP contribution in [-0.2, 0) is 14.3 Å². The summed E-state index contributed by atoms with van der Waals surface area (Å²) in [6.07, 6.45) is 3.79. The Labute approximate surface area is 200 Å². The molecule has 0 saturated carbocycles. The first-order valence-corrected chi connectivity index (χ1v) is 11.8. The normalized spacial score (nSPS) is 15.5. The van der Waals surface area contributed by atoms with E-state index in [1.54, 1.807) is 4.90 Å². The minimum absolute atomic E-state index is 0.0190. The third kappa shape index (κ3) is 5.72. The van der Waals surface area contributed by atoms with Gasteiger partial charge in [-0.1, -0.05) is 56.3 Å². The molecule has 4 rings (SSSR count). The fourth-order valence-corrected chi connectivity index (χ4v) is 4.16. The first-order chi connectivity index (χ1) is 16.4. The molecule has 1 aliphatic rings. The Bertz CT molecular complexity index is 1130. The smallest absolute Gasteiger partial charge is 0.246 e. The van der Waals surface area contributed by atoms with Gasteiger partial charge in [-0.2, -0.15) is 0 Å². The summed E-state index contributed by atoms with van der Waals surface area (Å²) >= 11 is 0. The van der Waals surface area contributed by atoms with Crippen molar-refractivity contribution in [2.45, 2.75) is 39.7 Å². The average molecular weight is 461 g/mol. The van der Waals surface area contributed by atoms with Gasteiger partial charge in [-0.05, 0) is 37.5 Å². The summed E-state index contributed by atoms with van der Waals surface area (Å²) in [6, 6.07) is 17.9. The molecule has 0 radical (unpaired) electrons. The lowest BCUT2D eigenvalue weighted by Crippen LogP contribution is -2.44. The van der Waals surface area contributed by atoms with E-state index in [0.717, 1.165) is 35.3 Å². The number of nitrogens with one attached hydrogen (secondary N) is 1. The van der Waals surface area contributed by atoms with E-state index < -0.39 is 0 Å².